The van der Waals surface area contributed by atoms with Crippen LogP contribution < -0.4 is 15.4 Å². The Bertz CT molecular complexity index is 649. The van der Waals surface area contributed by atoms with Crippen LogP contribution in [0, 0.1) is 0 Å². The van der Waals surface area contributed by atoms with Crippen molar-refractivity contribution in [2.24, 2.45) is 0 Å². The normalized spacial score (nSPS) is 13.5. The summed E-state index contributed by atoms with van der Waals surface area (Å²) in [6.07, 6.45) is 1.23. The first-order valence-corrected chi connectivity index (χ1v) is 7.54. The van der Waals surface area contributed by atoms with E-state index in [9.17, 15) is 4.79 Å². The highest BCUT2D eigenvalue weighted by Crippen LogP contribution is 2.20. The number of carbonyl (C=O) groups is 1. The van der Waals surface area contributed by atoms with Crippen molar-refractivity contribution in [3.63, 3.8) is 0 Å². The lowest BCUT2D eigenvalue weighted by Gasteiger charge is -2.13. The number of aromatic amines is 1. The average molecular weight is 300 g/mol. The van der Waals surface area contributed by atoms with Crippen LogP contribution in [0.5, 0.6) is 5.75 Å². The molecule has 0 bridgehead atoms. The zero-order valence-electron chi connectivity index (χ0n) is 12.6. The summed E-state index contributed by atoms with van der Waals surface area (Å²) in [6, 6.07) is 7.58. The van der Waals surface area contributed by atoms with E-state index in [1.165, 1.54) is 0 Å². The number of H-pyrrole nitrogens is 1. The van der Waals surface area contributed by atoms with Gasteiger partial charge in [0.25, 0.3) is 0 Å². The number of ether oxygens (including phenoxy) is 1. The number of amides is 1. The SMILES string of the molecule is CCOc1ccc(CC(=O)Nc2n[nH]c3c2CNCC3)cc1. The minimum Gasteiger partial charge on any atom is -0.494 e. The van der Waals surface area contributed by atoms with E-state index in [2.05, 4.69) is 20.8 Å². The Labute approximate surface area is 129 Å². The van der Waals surface area contributed by atoms with Crippen molar-refractivity contribution in [2.45, 2.75) is 26.3 Å². The van der Waals surface area contributed by atoms with E-state index >= 15 is 0 Å². The summed E-state index contributed by atoms with van der Waals surface area (Å²) in [5, 5.41) is 13.4. The number of rotatable bonds is 5. The lowest BCUT2D eigenvalue weighted by Crippen LogP contribution is -2.24. The van der Waals surface area contributed by atoms with Crippen molar-refractivity contribution in [3.05, 3.63) is 41.1 Å². The van der Waals surface area contributed by atoms with Crippen molar-refractivity contribution >= 4 is 11.7 Å². The van der Waals surface area contributed by atoms with Gasteiger partial charge in [0.2, 0.25) is 5.91 Å². The van der Waals surface area contributed by atoms with Crippen molar-refractivity contribution in [1.29, 1.82) is 0 Å². The Hall–Kier alpha value is -2.34. The molecule has 0 saturated carbocycles. The molecule has 0 fully saturated rings. The molecular formula is C16H20N4O2. The molecule has 2 aromatic rings. The van der Waals surface area contributed by atoms with Crippen LogP contribution in [0.4, 0.5) is 5.82 Å². The first-order valence-electron chi connectivity index (χ1n) is 7.54. The lowest BCUT2D eigenvalue weighted by atomic mass is 10.1. The molecule has 6 heteroatoms. The van der Waals surface area contributed by atoms with Gasteiger partial charge in [-0.2, -0.15) is 5.10 Å². The highest BCUT2D eigenvalue weighted by molar-refractivity contribution is 5.92. The van der Waals surface area contributed by atoms with Gasteiger partial charge in [0, 0.05) is 30.8 Å². The van der Waals surface area contributed by atoms with E-state index in [4.69, 9.17) is 4.74 Å². The molecule has 22 heavy (non-hydrogen) atoms. The number of anilines is 1. The Balaban J connectivity index is 1.61. The van der Waals surface area contributed by atoms with Crippen LogP contribution in [0.3, 0.4) is 0 Å². The molecule has 0 unspecified atom stereocenters. The van der Waals surface area contributed by atoms with Gasteiger partial charge in [0.05, 0.1) is 13.0 Å². The molecule has 0 saturated heterocycles. The third-order valence-corrected chi connectivity index (χ3v) is 3.66. The molecule has 1 amide bonds. The Morgan fingerprint density at radius 2 is 2.18 bits per heavy atom. The first-order chi connectivity index (χ1) is 10.8. The fourth-order valence-corrected chi connectivity index (χ4v) is 2.56. The van der Waals surface area contributed by atoms with Gasteiger partial charge >= 0.3 is 0 Å². The molecule has 3 rings (SSSR count). The molecule has 1 aromatic carbocycles. The highest BCUT2D eigenvalue weighted by Gasteiger charge is 2.18. The molecule has 1 aliphatic rings. The Kier molecular flexibility index (Phi) is 4.39. The van der Waals surface area contributed by atoms with Crippen LogP contribution in [0.2, 0.25) is 0 Å². The monoisotopic (exact) mass is 300 g/mol. The topological polar surface area (TPSA) is 79.0 Å². The van der Waals surface area contributed by atoms with Crippen LogP contribution in [0.25, 0.3) is 0 Å². The number of hydrogen-bond acceptors (Lipinski definition) is 4. The summed E-state index contributed by atoms with van der Waals surface area (Å²) in [6.45, 7) is 4.26. The van der Waals surface area contributed by atoms with Crippen molar-refractivity contribution in [1.82, 2.24) is 15.5 Å². The largest absolute Gasteiger partial charge is 0.494 e. The smallest absolute Gasteiger partial charge is 0.230 e. The van der Waals surface area contributed by atoms with E-state index in [0.29, 0.717) is 18.8 Å². The lowest BCUT2D eigenvalue weighted by molar-refractivity contribution is -0.115. The van der Waals surface area contributed by atoms with E-state index in [-0.39, 0.29) is 5.91 Å². The maximum absolute atomic E-state index is 12.2. The minimum absolute atomic E-state index is 0.0657. The van der Waals surface area contributed by atoms with E-state index < -0.39 is 0 Å². The molecule has 2 heterocycles. The second-order valence-electron chi connectivity index (χ2n) is 5.26. The van der Waals surface area contributed by atoms with E-state index in [0.717, 1.165) is 42.1 Å². The van der Waals surface area contributed by atoms with Gasteiger partial charge in [-0.25, -0.2) is 0 Å². The van der Waals surface area contributed by atoms with Crippen LogP contribution in [-0.4, -0.2) is 29.3 Å². The van der Waals surface area contributed by atoms with Gasteiger partial charge in [0.15, 0.2) is 5.82 Å². The van der Waals surface area contributed by atoms with Crippen LogP contribution >= 0.6 is 0 Å². The average Bonchev–Trinajstić information content (AvgIpc) is 2.93. The molecular weight excluding hydrogens is 280 g/mol. The van der Waals surface area contributed by atoms with Crippen molar-refractivity contribution in [3.8, 4) is 5.75 Å². The third kappa shape index (κ3) is 3.28. The number of nitrogens with zero attached hydrogens (tertiary/aromatic N) is 1. The summed E-state index contributed by atoms with van der Waals surface area (Å²) in [4.78, 5) is 12.2. The molecule has 3 N–H and O–H groups in total. The predicted octanol–water partition coefficient (Wildman–Crippen LogP) is 1.64. The number of nitrogens with one attached hydrogen (secondary N) is 3. The third-order valence-electron chi connectivity index (χ3n) is 3.66. The number of aromatic nitrogens is 2. The number of hydrogen-bond donors (Lipinski definition) is 3. The van der Waals surface area contributed by atoms with Gasteiger partial charge < -0.3 is 15.4 Å². The summed E-state index contributed by atoms with van der Waals surface area (Å²) in [5.74, 6) is 1.39. The van der Waals surface area contributed by atoms with Gasteiger partial charge in [-0.15, -0.1) is 0 Å². The Morgan fingerprint density at radius 1 is 1.36 bits per heavy atom. The zero-order valence-corrected chi connectivity index (χ0v) is 12.6. The van der Waals surface area contributed by atoms with Crippen LogP contribution in [0.1, 0.15) is 23.7 Å². The maximum Gasteiger partial charge on any atom is 0.230 e. The molecule has 6 nitrogen and oxygen atoms in total. The molecule has 0 radical (unpaired) electrons. The van der Waals surface area contributed by atoms with Crippen molar-refractivity contribution in [2.75, 3.05) is 18.5 Å². The second-order valence-corrected chi connectivity index (χ2v) is 5.26. The fraction of sp³-hybridized carbons (Fsp3) is 0.375. The molecule has 0 atom stereocenters. The number of benzene rings is 1. The fourth-order valence-electron chi connectivity index (χ4n) is 2.56. The maximum atomic E-state index is 12.2. The van der Waals surface area contributed by atoms with Crippen molar-refractivity contribution < 1.29 is 9.53 Å². The summed E-state index contributed by atoms with van der Waals surface area (Å²) >= 11 is 0. The number of fused-ring (bicyclic) bond motifs is 1. The quantitative estimate of drug-likeness (QED) is 0.784. The van der Waals surface area contributed by atoms with Gasteiger partial charge in [-0.3, -0.25) is 9.89 Å². The summed E-state index contributed by atoms with van der Waals surface area (Å²) < 4.78 is 5.39. The second kappa shape index (κ2) is 6.62. The first kappa shape index (κ1) is 14.6. The molecule has 0 aliphatic carbocycles. The summed E-state index contributed by atoms with van der Waals surface area (Å²) in [7, 11) is 0. The molecule has 1 aromatic heterocycles. The minimum atomic E-state index is -0.0657. The molecule has 0 spiro atoms. The van der Waals surface area contributed by atoms with Gasteiger partial charge in [0.1, 0.15) is 5.75 Å². The Morgan fingerprint density at radius 3 is 2.95 bits per heavy atom. The van der Waals surface area contributed by atoms with Crippen LogP contribution in [0.15, 0.2) is 24.3 Å². The number of carbonyl (C=O) groups excluding carboxylic acids is 1. The predicted molar refractivity (Wildman–Crippen MR) is 83.9 cm³/mol. The van der Waals surface area contributed by atoms with Crippen LogP contribution in [-0.2, 0) is 24.2 Å². The standard InChI is InChI=1S/C16H20N4O2/c1-2-22-12-5-3-11(4-6-12)9-15(21)18-16-13-10-17-8-7-14(13)19-20-16/h3-6,17H,2,7-10H2,1H3,(H2,18,19,20,21). The highest BCUT2D eigenvalue weighted by atomic mass is 16.5. The van der Waals surface area contributed by atoms with Gasteiger partial charge in [-0.05, 0) is 24.6 Å². The molecule has 1 aliphatic heterocycles. The molecule has 116 valence electrons. The van der Waals surface area contributed by atoms with E-state index in [1.807, 2.05) is 31.2 Å². The summed E-state index contributed by atoms with van der Waals surface area (Å²) in [5.41, 5.74) is 3.12. The zero-order chi connectivity index (χ0) is 15.4. The van der Waals surface area contributed by atoms with E-state index in [1.54, 1.807) is 0 Å². The van der Waals surface area contributed by atoms with Gasteiger partial charge in [-0.1, -0.05) is 12.1 Å².